The van der Waals surface area contributed by atoms with Crippen molar-refractivity contribution in [3.05, 3.63) is 0 Å². The molecule has 6 N–H and O–H groups in total. The van der Waals surface area contributed by atoms with E-state index >= 15 is 0 Å². The van der Waals surface area contributed by atoms with Crippen LogP contribution in [-0.2, 0) is 33.2 Å². The lowest BCUT2D eigenvalue weighted by molar-refractivity contribution is -0.413. The molecule has 8 atom stereocenters. The summed E-state index contributed by atoms with van der Waals surface area (Å²) >= 11 is 0. The summed E-state index contributed by atoms with van der Waals surface area (Å²) in [6.45, 7) is 3.50. The van der Waals surface area contributed by atoms with Crippen LogP contribution in [0.3, 0.4) is 0 Å². The van der Waals surface area contributed by atoms with Gasteiger partial charge in [0.1, 0.15) is 12.2 Å². The fraction of sp³-hybridized carbons (Fsp3) is 1.00. The Morgan fingerprint density at radius 3 is 0.821 bits per heavy atom. The molecule has 13 heteroatoms. The molecule has 39 heavy (non-hydrogen) atoms. The molecule has 224 valence electrons. The minimum Gasteiger partial charge on any atom is -0.373 e. The van der Waals surface area contributed by atoms with Gasteiger partial charge in [0, 0.05) is 0 Å². The fourth-order valence-corrected chi connectivity index (χ4v) is 6.55. The maximum Gasteiger partial charge on any atom is 0.303 e. The smallest absolute Gasteiger partial charge is 0.303 e. The fourth-order valence-electron chi connectivity index (χ4n) is 6.55. The summed E-state index contributed by atoms with van der Waals surface area (Å²) in [7, 11) is 0. The Hall–Kier alpha value is -0.520. The first-order valence-corrected chi connectivity index (χ1v) is 14.1. The Kier molecular flexibility index (Phi) is 7.80. The molecule has 6 aliphatic heterocycles. The van der Waals surface area contributed by atoms with Gasteiger partial charge in [-0.1, -0.05) is 0 Å². The highest BCUT2D eigenvalue weighted by Gasteiger charge is 2.54. The topological polar surface area (TPSA) is 206 Å². The predicted octanol–water partition coefficient (Wildman–Crippen LogP) is -1.51. The molecule has 6 aliphatic rings. The highest BCUT2D eigenvalue weighted by atomic mass is 16.7. The normalized spacial score (nSPS) is 37.4. The molecule has 13 nitrogen and oxygen atoms in total. The van der Waals surface area contributed by atoms with Crippen molar-refractivity contribution in [2.45, 2.75) is 112 Å². The number of hydrogen-bond acceptors (Lipinski definition) is 13. The lowest BCUT2D eigenvalue weighted by Crippen LogP contribution is -2.55. The number of ether oxygens (including phenoxy) is 7. The molecule has 8 unspecified atom stereocenters. The van der Waals surface area contributed by atoms with Gasteiger partial charge in [0.05, 0.1) is 76.3 Å². The molecule has 0 radical (unpaired) electrons. The van der Waals surface area contributed by atoms with Gasteiger partial charge in [-0.25, -0.2) is 0 Å². The molecule has 0 saturated carbocycles. The molecule has 6 fully saturated rings. The second-order valence-electron chi connectivity index (χ2n) is 12.9. The molecule has 0 aliphatic carbocycles. The quantitative estimate of drug-likeness (QED) is 0.0738. The van der Waals surface area contributed by atoms with Crippen LogP contribution in [0.1, 0.15) is 51.4 Å². The lowest BCUT2D eigenvalue weighted by atomic mass is 9.70. The monoisotopic (exact) mass is 562 g/mol. The Labute approximate surface area is 226 Å². The average Bonchev–Trinajstić information content (AvgIpc) is 3.56. The van der Waals surface area contributed by atoms with E-state index in [1.807, 2.05) is 0 Å². The molecule has 0 spiro atoms. The van der Waals surface area contributed by atoms with E-state index in [0.29, 0.717) is 78.2 Å². The highest BCUT2D eigenvalue weighted by Crippen LogP contribution is 2.50. The van der Waals surface area contributed by atoms with Crippen LogP contribution in [0.5, 0.6) is 0 Å². The first kappa shape index (κ1) is 28.6. The summed E-state index contributed by atoms with van der Waals surface area (Å²) < 4.78 is 39.0. The van der Waals surface area contributed by atoms with E-state index < -0.39 is 35.0 Å². The summed E-state index contributed by atoms with van der Waals surface area (Å²) in [6.07, 6.45) is -0.170. The molecule has 6 rings (SSSR count). The molecule has 0 amide bonds. The van der Waals surface area contributed by atoms with Gasteiger partial charge >= 0.3 is 11.9 Å². The molecule has 0 aromatic rings. The van der Waals surface area contributed by atoms with E-state index in [-0.39, 0.29) is 49.5 Å². The molecule has 0 bridgehead atoms. The minimum absolute atomic E-state index is 0.0136. The number of rotatable bonds is 20. The van der Waals surface area contributed by atoms with Gasteiger partial charge in [0.2, 0.25) is 0 Å². The van der Waals surface area contributed by atoms with E-state index in [4.69, 9.17) is 33.2 Å². The van der Waals surface area contributed by atoms with Gasteiger partial charge < -0.3 is 63.8 Å². The van der Waals surface area contributed by atoms with E-state index in [2.05, 4.69) is 0 Å². The summed E-state index contributed by atoms with van der Waals surface area (Å²) in [5.41, 5.74) is -1.21. The SMILES string of the molecule is OC(O)(O)C(CC(CC1CO1)(CC1CO1)CC1CO1)OC(CC(CC1CO1)(CC1CO1)CC1CO1)C(O)(O)O. The largest absolute Gasteiger partial charge is 0.373 e. The van der Waals surface area contributed by atoms with Crippen LogP contribution < -0.4 is 0 Å². The van der Waals surface area contributed by atoms with Crippen molar-refractivity contribution in [2.75, 3.05) is 39.6 Å². The third-order valence-electron chi connectivity index (χ3n) is 8.81. The summed E-state index contributed by atoms with van der Waals surface area (Å²) in [5, 5.41) is 62.7. The standard InChI is InChI=1S/C26H42O13/c27-25(28,29)21(7-23(1-15-9-33-15,2-16-10-34-16)3-17-11-35-17)39-22(26(30,31)32)8-24(4-18-12-36-18,5-19-13-37-19)6-20-14-38-20/h15-22,27-32H,1-14H2. The summed E-state index contributed by atoms with van der Waals surface area (Å²) in [6, 6.07) is 0. The maximum atomic E-state index is 10.5. The third kappa shape index (κ3) is 8.74. The third-order valence-corrected chi connectivity index (χ3v) is 8.81. The van der Waals surface area contributed by atoms with Gasteiger partial charge in [-0.2, -0.15) is 0 Å². The summed E-state index contributed by atoms with van der Waals surface area (Å²) in [4.78, 5) is 0. The Morgan fingerprint density at radius 1 is 0.462 bits per heavy atom. The second kappa shape index (κ2) is 10.6. The Bertz CT molecular complexity index is 692. The zero-order valence-corrected chi connectivity index (χ0v) is 22.1. The molecular weight excluding hydrogens is 520 g/mol. The molecule has 6 saturated heterocycles. The van der Waals surface area contributed by atoms with Crippen LogP contribution in [0.2, 0.25) is 0 Å². The van der Waals surface area contributed by atoms with Crippen LogP contribution in [-0.4, -0.2) is 131 Å². The molecule has 6 heterocycles. The van der Waals surface area contributed by atoms with Crippen molar-refractivity contribution < 1.29 is 63.8 Å². The first-order valence-electron chi connectivity index (χ1n) is 14.1. The van der Waals surface area contributed by atoms with Crippen molar-refractivity contribution in [2.24, 2.45) is 10.8 Å². The van der Waals surface area contributed by atoms with Crippen molar-refractivity contribution in [1.29, 1.82) is 0 Å². The molecular formula is C26H42O13. The van der Waals surface area contributed by atoms with Gasteiger partial charge in [0.15, 0.2) is 0 Å². The van der Waals surface area contributed by atoms with Crippen LogP contribution in [0, 0.1) is 10.8 Å². The lowest BCUT2D eigenvalue weighted by Gasteiger charge is -2.43. The van der Waals surface area contributed by atoms with Gasteiger partial charge in [-0.3, -0.25) is 0 Å². The molecule has 0 aromatic carbocycles. The minimum atomic E-state index is -3.32. The average molecular weight is 563 g/mol. The van der Waals surface area contributed by atoms with Gasteiger partial charge in [-0.15, -0.1) is 0 Å². The zero-order chi connectivity index (χ0) is 27.5. The Morgan fingerprint density at radius 2 is 0.667 bits per heavy atom. The van der Waals surface area contributed by atoms with E-state index in [9.17, 15) is 30.6 Å². The first-order chi connectivity index (χ1) is 18.4. The van der Waals surface area contributed by atoms with E-state index in [0.717, 1.165) is 0 Å². The maximum absolute atomic E-state index is 10.5. The Balaban J connectivity index is 1.24. The van der Waals surface area contributed by atoms with Crippen LogP contribution in [0.4, 0.5) is 0 Å². The molecule has 0 aromatic heterocycles. The predicted molar refractivity (Wildman–Crippen MR) is 128 cm³/mol. The van der Waals surface area contributed by atoms with Crippen LogP contribution in [0.25, 0.3) is 0 Å². The van der Waals surface area contributed by atoms with Crippen molar-refractivity contribution in [3.63, 3.8) is 0 Å². The number of aliphatic hydroxyl groups is 6. The van der Waals surface area contributed by atoms with Crippen molar-refractivity contribution in [1.82, 2.24) is 0 Å². The number of epoxide rings is 6. The summed E-state index contributed by atoms with van der Waals surface area (Å²) in [5.74, 6) is -6.65. The van der Waals surface area contributed by atoms with E-state index in [1.165, 1.54) is 0 Å². The van der Waals surface area contributed by atoms with Crippen molar-refractivity contribution >= 4 is 0 Å². The van der Waals surface area contributed by atoms with Gasteiger partial charge in [-0.05, 0) is 62.2 Å². The van der Waals surface area contributed by atoms with Crippen LogP contribution in [0.15, 0.2) is 0 Å². The second-order valence-corrected chi connectivity index (χ2v) is 12.9. The van der Waals surface area contributed by atoms with Crippen molar-refractivity contribution in [3.8, 4) is 0 Å². The number of hydrogen-bond donors (Lipinski definition) is 6. The van der Waals surface area contributed by atoms with Gasteiger partial charge in [0.25, 0.3) is 0 Å². The van der Waals surface area contributed by atoms with Crippen LogP contribution >= 0.6 is 0 Å². The highest BCUT2D eigenvalue weighted by molar-refractivity contribution is 4.99. The van der Waals surface area contributed by atoms with E-state index in [1.54, 1.807) is 0 Å². The zero-order valence-electron chi connectivity index (χ0n) is 22.1.